The van der Waals surface area contributed by atoms with Gasteiger partial charge < -0.3 is 10.4 Å². The summed E-state index contributed by atoms with van der Waals surface area (Å²) in [6.45, 7) is 11.8. The minimum atomic E-state index is -4.03. The molecule has 1 amide bonds. The smallest absolute Gasteiger partial charge is 0.262 e. The van der Waals surface area contributed by atoms with E-state index < -0.39 is 15.7 Å². The first kappa shape index (κ1) is 23.7. The molecule has 30 heavy (non-hydrogen) atoms. The summed E-state index contributed by atoms with van der Waals surface area (Å²) in [5, 5.41) is 13.3. The highest BCUT2D eigenvalue weighted by Gasteiger charge is 2.29. The van der Waals surface area contributed by atoms with Crippen LogP contribution < -0.4 is 5.32 Å². The molecule has 2 aromatic carbocycles. The highest BCUT2D eigenvalue weighted by Crippen LogP contribution is 2.40. The van der Waals surface area contributed by atoms with Gasteiger partial charge in [-0.1, -0.05) is 59.7 Å². The number of carbonyl (C=O) groups excluding carboxylic acids is 1. The Morgan fingerprint density at radius 1 is 0.933 bits per heavy atom. The molecule has 162 valence electrons. The van der Waals surface area contributed by atoms with Crippen molar-refractivity contribution >= 4 is 21.8 Å². The molecule has 0 aliphatic rings. The van der Waals surface area contributed by atoms with Crippen LogP contribution in [0.5, 0.6) is 5.75 Å². The Morgan fingerprint density at radius 3 is 1.80 bits per heavy atom. The quantitative estimate of drug-likeness (QED) is 0.699. The van der Waals surface area contributed by atoms with Gasteiger partial charge in [0.1, 0.15) is 10.7 Å². The van der Waals surface area contributed by atoms with Crippen LogP contribution in [0.15, 0.2) is 52.3 Å². The number of amides is 1. The van der Waals surface area contributed by atoms with E-state index in [-0.39, 0.29) is 26.4 Å². The Kier molecular flexibility index (Phi) is 6.52. The van der Waals surface area contributed by atoms with Crippen LogP contribution >= 0.6 is 0 Å². The number of sulfone groups is 1. The van der Waals surface area contributed by atoms with Crippen LogP contribution in [0.2, 0.25) is 0 Å². The van der Waals surface area contributed by atoms with Gasteiger partial charge in [0.25, 0.3) is 5.91 Å². The van der Waals surface area contributed by atoms with Gasteiger partial charge in [-0.05, 0) is 46.7 Å². The van der Waals surface area contributed by atoms with Crippen molar-refractivity contribution in [1.29, 1.82) is 0 Å². The molecule has 0 atom stereocenters. The summed E-state index contributed by atoms with van der Waals surface area (Å²) in [5.74, 6) is -0.499. The summed E-state index contributed by atoms with van der Waals surface area (Å²) in [7, 11) is -2.63. The summed E-state index contributed by atoms with van der Waals surface area (Å²) in [5.41, 5.74) is 1.17. The summed E-state index contributed by atoms with van der Waals surface area (Å²) < 4.78 is 26.4. The van der Waals surface area contributed by atoms with Crippen LogP contribution in [0.25, 0.3) is 6.08 Å². The van der Waals surface area contributed by atoms with Gasteiger partial charge in [-0.25, -0.2) is 8.42 Å². The molecule has 0 unspecified atom stereocenters. The number of hydrogen-bond donors (Lipinski definition) is 2. The van der Waals surface area contributed by atoms with Gasteiger partial charge in [-0.15, -0.1) is 0 Å². The van der Waals surface area contributed by atoms with Crippen molar-refractivity contribution in [2.45, 2.75) is 57.3 Å². The molecule has 5 nitrogen and oxygen atoms in total. The van der Waals surface area contributed by atoms with Crippen molar-refractivity contribution in [2.24, 2.45) is 0 Å². The third kappa shape index (κ3) is 4.93. The van der Waals surface area contributed by atoms with Crippen molar-refractivity contribution in [3.05, 3.63) is 64.1 Å². The lowest BCUT2D eigenvalue weighted by molar-refractivity contribution is -0.116. The number of nitrogens with one attached hydrogen (secondary N) is 1. The zero-order valence-electron chi connectivity index (χ0n) is 18.7. The minimum absolute atomic E-state index is 0.0470. The molecule has 0 saturated carbocycles. The van der Waals surface area contributed by atoms with Crippen molar-refractivity contribution in [1.82, 2.24) is 5.32 Å². The van der Waals surface area contributed by atoms with Gasteiger partial charge in [-0.3, -0.25) is 4.79 Å². The lowest BCUT2D eigenvalue weighted by Crippen LogP contribution is -2.25. The van der Waals surface area contributed by atoms with Gasteiger partial charge in [0.15, 0.2) is 0 Å². The normalized spacial score (nSPS) is 13.2. The fraction of sp³-hybridized carbons (Fsp3) is 0.375. The SMILES string of the molecule is CNC(=O)C(=Cc1cc(C(C)(C)C)c(O)c(C(C)(C)C)c1)S(=O)(=O)c1ccccc1. The lowest BCUT2D eigenvalue weighted by Gasteiger charge is -2.28. The van der Waals surface area contributed by atoms with E-state index in [0.29, 0.717) is 16.7 Å². The Labute approximate surface area is 179 Å². The molecule has 0 bridgehead atoms. The van der Waals surface area contributed by atoms with Crippen LogP contribution in [0, 0.1) is 0 Å². The third-order valence-electron chi connectivity index (χ3n) is 4.84. The van der Waals surface area contributed by atoms with E-state index >= 15 is 0 Å². The monoisotopic (exact) mass is 429 g/mol. The predicted octanol–water partition coefficient (Wildman–Crippen LogP) is 4.55. The van der Waals surface area contributed by atoms with E-state index in [9.17, 15) is 18.3 Å². The molecule has 2 N–H and O–H groups in total. The maximum absolute atomic E-state index is 13.2. The molecule has 2 rings (SSSR count). The largest absolute Gasteiger partial charge is 0.507 e. The molecule has 0 spiro atoms. The van der Waals surface area contributed by atoms with E-state index in [1.54, 1.807) is 30.3 Å². The zero-order valence-corrected chi connectivity index (χ0v) is 19.5. The fourth-order valence-corrected chi connectivity index (χ4v) is 4.56. The van der Waals surface area contributed by atoms with Gasteiger partial charge >= 0.3 is 0 Å². The molecular formula is C24H31NO4S. The van der Waals surface area contributed by atoms with E-state index in [4.69, 9.17) is 0 Å². The number of carbonyl (C=O) groups is 1. The molecule has 2 aromatic rings. The van der Waals surface area contributed by atoms with Crippen LogP contribution in [-0.2, 0) is 25.5 Å². The van der Waals surface area contributed by atoms with Gasteiger partial charge in [-0.2, -0.15) is 0 Å². The second-order valence-corrected chi connectivity index (χ2v) is 11.3. The highest BCUT2D eigenvalue weighted by molar-refractivity contribution is 7.96. The second kappa shape index (κ2) is 8.26. The molecule has 6 heteroatoms. The third-order valence-corrected chi connectivity index (χ3v) is 6.61. The summed E-state index contributed by atoms with van der Waals surface area (Å²) in [6, 6.07) is 11.4. The Balaban J connectivity index is 2.83. The van der Waals surface area contributed by atoms with E-state index in [0.717, 1.165) is 0 Å². The van der Waals surface area contributed by atoms with Crippen LogP contribution in [-0.4, -0.2) is 26.5 Å². The van der Waals surface area contributed by atoms with Gasteiger partial charge in [0.2, 0.25) is 9.84 Å². The van der Waals surface area contributed by atoms with Crippen LogP contribution in [0.3, 0.4) is 0 Å². The number of rotatable bonds is 4. The molecule has 0 aliphatic carbocycles. The summed E-state index contributed by atoms with van der Waals surface area (Å²) in [6.07, 6.45) is 1.38. The highest BCUT2D eigenvalue weighted by atomic mass is 32.2. The zero-order chi connectivity index (χ0) is 22.9. The predicted molar refractivity (Wildman–Crippen MR) is 121 cm³/mol. The Hall–Kier alpha value is -2.60. The van der Waals surface area contributed by atoms with Crippen LogP contribution in [0.1, 0.15) is 58.2 Å². The molecule has 0 radical (unpaired) electrons. The maximum atomic E-state index is 13.2. The average Bonchev–Trinajstić information content (AvgIpc) is 2.65. The van der Waals surface area contributed by atoms with Crippen molar-refractivity contribution in [3.8, 4) is 5.75 Å². The number of phenolic OH excluding ortho intramolecular Hbond substituents is 1. The average molecular weight is 430 g/mol. The number of phenols is 1. The molecular weight excluding hydrogens is 398 g/mol. The first-order chi connectivity index (χ1) is 13.7. The first-order valence-corrected chi connectivity index (χ1v) is 11.3. The van der Waals surface area contributed by atoms with E-state index in [2.05, 4.69) is 5.32 Å². The van der Waals surface area contributed by atoms with Crippen molar-refractivity contribution < 1.29 is 18.3 Å². The Bertz CT molecular complexity index is 1040. The van der Waals surface area contributed by atoms with Crippen molar-refractivity contribution in [2.75, 3.05) is 7.05 Å². The summed E-state index contributed by atoms with van der Waals surface area (Å²) in [4.78, 5) is 12.3. The van der Waals surface area contributed by atoms with E-state index in [1.807, 2.05) is 41.5 Å². The minimum Gasteiger partial charge on any atom is -0.507 e. The molecule has 0 fully saturated rings. The van der Waals surface area contributed by atoms with E-state index in [1.165, 1.54) is 25.3 Å². The Morgan fingerprint density at radius 2 is 1.40 bits per heavy atom. The number of aromatic hydroxyl groups is 1. The number of likely N-dealkylation sites (N-methyl/N-ethyl adjacent to an activating group) is 1. The van der Waals surface area contributed by atoms with Gasteiger partial charge in [0.05, 0.1) is 4.90 Å². The lowest BCUT2D eigenvalue weighted by atomic mass is 9.78. The van der Waals surface area contributed by atoms with Crippen molar-refractivity contribution in [3.63, 3.8) is 0 Å². The topological polar surface area (TPSA) is 83.5 Å². The van der Waals surface area contributed by atoms with Gasteiger partial charge in [0, 0.05) is 18.2 Å². The second-order valence-electron chi connectivity index (χ2n) is 9.37. The molecule has 0 aliphatic heterocycles. The fourth-order valence-electron chi connectivity index (χ4n) is 3.15. The maximum Gasteiger partial charge on any atom is 0.262 e. The molecule has 0 saturated heterocycles. The summed E-state index contributed by atoms with van der Waals surface area (Å²) >= 11 is 0. The van der Waals surface area contributed by atoms with Crippen LogP contribution in [0.4, 0.5) is 0 Å². The first-order valence-electron chi connectivity index (χ1n) is 9.81. The standard InChI is InChI=1S/C24H31NO4S/c1-23(2,3)18-13-16(14-19(21(18)26)24(4,5)6)15-20(22(27)25-7)30(28,29)17-11-9-8-10-12-17/h8-15,26H,1-7H3,(H,25,27). The number of benzene rings is 2. The molecule has 0 heterocycles. The molecule has 0 aromatic heterocycles. The number of hydrogen-bond acceptors (Lipinski definition) is 4.